The molecule has 3 nitrogen and oxygen atoms in total. The molecule has 0 amide bonds. The van der Waals surface area contributed by atoms with Crippen LogP contribution in [0.5, 0.6) is 0 Å². The van der Waals surface area contributed by atoms with E-state index >= 15 is 0 Å². The molecule has 0 fully saturated rings. The summed E-state index contributed by atoms with van der Waals surface area (Å²) in [7, 11) is 0. The molecule has 1 rings (SSSR count). The van der Waals surface area contributed by atoms with Crippen molar-refractivity contribution in [1.29, 1.82) is 0 Å². The zero-order valence-corrected chi connectivity index (χ0v) is 11.8. The Labute approximate surface area is 117 Å². The van der Waals surface area contributed by atoms with Crippen molar-refractivity contribution in [3.8, 4) is 0 Å². The van der Waals surface area contributed by atoms with Gasteiger partial charge in [-0.3, -0.25) is 4.79 Å². The van der Waals surface area contributed by atoms with Crippen LogP contribution >= 0.6 is 23.2 Å². The lowest BCUT2D eigenvalue weighted by atomic mass is 10.1. The van der Waals surface area contributed by atoms with Gasteiger partial charge in [0.25, 0.3) is 0 Å². The zero-order valence-electron chi connectivity index (χ0n) is 10.3. The van der Waals surface area contributed by atoms with Gasteiger partial charge in [0, 0.05) is 16.1 Å². The van der Waals surface area contributed by atoms with Gasteiger partial charge < -0.3 is 10.5 Å². The number of hydrogen-bond donors (Lipinski definition) is 1. The Balaban J connectivity index is 2.53. The smallest absolute Gasteiger partial charge is 0.307 e. The molecule has 0 aromatic heterocycles. The van der Waals surface area contributed by atoms with Gasteiger partial charge in [-0.2, -0.15) is 0 Å². The molecular weight excluding hydrogens is 273 g/mol. The van der Waals surface area contributed by atoms with Crippen LogP contribution in [0.2, 0.25) is 10.0 Å². The highest BCUT2D eigenvalue weighted by atomic mass is 35.5. The number of carbonyl (C=O) groups is 1. The molecule has 0 aliphatic rings. The van der Waals surface area contributed by atoms with E-state index in [4.69, 9.17) is 33.7 Å². The van der Waals surface area contributed by atoms with Gasteiger partial charge in [-0.1, -0.05) is 36.5 Å². The first-order chi connectivity index (χ1) is 8.52. The summed E-state index contributed by atoms with van der Waals surface area (Å²) < 4.78 is 5.05. The van der Waals surface area contributed by atoms with Crippen molar-refractivity contribution in [3.05, 3.63) is 33.8 Å². The van der Waals surface area contributed by atoms with Crippen LogP contribution in [0, 0.1) is 0 Å². The molecule has 1 aromatic rings. The van der Waals surface area contributed by atoms with E-state index in [2.05, 4.69) is 0 Å². The lowest BCUT2D eigenvalue weighted by Gasteiger charge is -2.12. The van der Waals surface area contributed by atoms with Gasteiger partial charge in [-0.15, -0.1) is 0 Å². The number of carbonyl (C=O) groups excluding carboxylic acids is 1. The zero-order chi connectivity index (χ0) is 13.5. The molecule has 0 saturated carbocycles. The SMILES string of the molecule is CCCCOC(=O)CC(N)c1cc(Cl)cc(Cl)c1. The highest BCUT2D eigenvalue weighted by molar-refractivity contribution is 6.34. The fraction of sp³-hybridized carbons (Fsp3) is 0.462. The lowest BCUT2D eigenvalue weighted by Crippen LogP contribution is -2.17. The Morgan fingerprint density at radius 3 is 2.50 bits per heavy atom. The van der Waals surface area contributed by atoms with Crippen LogP contribution in [-0.4, -0.2) is 12.6 Å². The summed E-state index contributed by atoms with van der Waals surface area (Å²) in [6.45, 7) is 2.48. The molecule has 0 saturated heterocycles. The van der Waals surface area contributed by atoms with Gasteiger partial charge in [0.1, 0.15) is 0 Å². The average molecular weight is 290 g/mol. The third-order valence-electron chi connectivity index (χ3n) is 2.46. The van der Waals surface area contributed by atoms with E-state index in [1.807, 2.05) is 6.92 Å². The molecule has 100 valence electrons. The number of nitrogens with two attached hydrogens (primary N) is 1. The summed E-state index contributed by atoms with van der Waals surface area (Å²) in [4.78, 5) is 11.5. The molecule has 0 radical (unpaired) electrons. The summed E-state index contributed by atoms with van der Waals surface area (Å²) in [6, 6.07) is 4.59. The summed E-state index contributed by atoms with van der Waals surface area (Å²) in [6.07, 6.45) is 1.98. The third kappa shape index (κ3) is 5.25. The summed E-state index contributed by atoms with van der Waals surface area (Å²) in [5, 5.41) is 1.01. The monoisotopic (exact) mass is 289 g/mol. The topological polar surface area (TPSA) is 52.3 Å². The number of rotatable bonds is 6. The van der Waals surface area contributed by atoms with Crippen molar-refractivity contribution in [2.24, 2.45) is 5.73 Å². The van der Waals surface area contributed by atoms with Gasteiger partial charge in [0.15, 0.2) is 0 Å². The van der Waals surface area contributed by atoms with Crippen LogP contribution in [-0.2, 0) is 9.53 Å². The molecule has 0 aliphatic carbocycles. The molecule has 0 heterocycles. The molecule has 0 bridgehead atoms. The van der Waals surface area contributed by atoms with E-state index < -0.39 is 6.04 Å². The third-order valence-corrected chi connectivity index (χ3v) is 2.90. The minimum absolute atomic E-state index is 0.125. The van der Waals surface area contributed by atoms with Crippen LogP contribution in [0.3, 0.4) is 0 Å². The first kappa shape index (κ1) is 15.3. The van der Waals surface area contributed by atoms with Gasteiger partial charge in [0.05, 0.1) is 13.0 Å². The van der Waals surface area contributed by atoms with Gasteiger partial charge in [0.2, 0.25) is 0 Å². The van der Waals surface area contributed by atoms with E-state index in [0.29, 0.717) is 16.7 Å². The van der Waals surface area contributed by atoms with E-state index in [0.717, 1.165) is 18.4 Å². The quantitative estimate of drug-likeness (QED) is 0.641. The number of ether oxygens (including phenoxy) is 1. The first-order valence-corrected chi connectivity index (χ1v) is 6.65. The Hall–Kier alpha value is -0.770. The molecule has 1 unspecified atom stereocenters. The molecule has 5 heteroatoms. The summed E-state index contributed by atoms with van der Waals surface area (Å²) in [5.74, 6) is -0.299. The molecular formula is C13H17Cl2NO2. The number of unbranched alkanes of at least 4 members (excludes halogenated alkanes) is 1. The molecule has 18 heavy (non-hydrogen) atoms. The second kappa shape index (κ2) is 7.62. The minimum Gasteiger partial charge on any atom is -0.466 e. The Kier molecular flexibility index (Phi) is 6.47. The Morgan fingerprint density at radius 2 is 1.94 bits per heavy atom. The number of benzene rings is 1. The van der Waals surface area contributed by atoms with Crippen molar-refractivity contribution in [1.82, 2.24) is 0 Å². The Bertz CT molecular complexity index is 390. The fourth-order valence-corrected chi connectivity index (χ4v) is 2.02. The van der Waals surface area contributed by atoms with Gasteiger partial charge in [-0.05, 0) is 30.2 Å². The van der Waals surface area contributed by atoms with E-state index in [1.165, 1.54) is 0 Å². The maximum Gasteiger partial charge on any atom is 0.307 e. The highest BCUT2D eigenvalue weighted by Crippen LogP contribution is 2.24. The number of esters is 1. The minimum atomic E-state index is -0.449. The molecule has 2 N–H and O–H groups in total. The van der Waals surface area contributed by atoms with Crippen molar-refractivity contribution in [2.45, 2.75) is 32.2 Å². The maximum atomic E-state index is 11.5. The largest absolute Gasteiger partial charge is 0.466 e. The average Bonchev–Trinajstić information content (AvgIpc) is 2.28. The lowest BCUT2D eigenvalue weighted by molar-refractivity contribution is -0.144. The van der Waals surface area contributed by atoms with E-state index in [9.17, 15) is 4.79 Å². The normalized spacial score (nSPS) is 12.2. The highest BCUT2D eigenvalue weighted by Gasteiger charge is 2.13. The van der Waals surface area contributed by atoms with Crippen molar-refractivity contribution >= 4 is 29.2 Å². The van der Waals surface area contributed by atoms with Gasteiger partial charge in [-0.25, -0.2) is 0 Å². The maximum absolute atomic E-state index is 11.5. The summed E-state index contributed by atoms with van der Waals surface area (Å²) in [5.41, 5.74) is 6.66. The second-order valence-electron chi connectivity index (χ2n) is 4.09. The van der Waals surface area contributed by atoms with Crippen LogP contribution in [0.1, 0.15) is 37.8 Å². The summed E-state index contributed by atoms with van der Waals surface area (Å²) >= 11 is 11.8. The molecule has 0 aliphatic heterocycles. The standard InChI is InChI=1S/C13H17Cl2NO2/c1-2-3-4-18-13(17)8-12(16)9-5-10(14)7-11(15)6-9/h5-7,12H,2-4,8,16H2,1H3. The van der Waals surface area contributed by atoms with Crippen molar-refractivity contribution < 1.29 is 9.53 Å². The second-order valence-corrected chi connectivity index (χ2v) is 4.96. The predicted octanol–water partition coefficient (Wildman–Crippen LogP) is 3.73. The van der Waals surface area contributed by atoms with Crippen molar-refractivity contribution in [3.63, 3.8) is 0 Å². The first-order valence-electron chi connectivity index (χ1n) is 5.90. The van der Waals surface area contributed by atoms with Gasteiger partial charge >= 0.3 is 5.97 Å². The van der Waals surface area contributed by atoms with Crippen LogP contribution in [0.15, 0.2) is 18.2 Å². The number of halogens is 2. The van der Waals surface area contributed by atoms with Crippen molar-refractivity contribution in [2.75, 3.05) is 6.61 Å². The molecule has 0 spiro atoms. The van der Waals surface area contributed by atoms with Crippen LogP contribution < -0.4 is 5.73 Å². The van der Waals surface area contributed by atoms with E-state index in [1.54, 1.807) is 18.2 Å². The van der Waals surface area contributed by atoms with E-state index in [-0.39, 0.29) is 12.4 Å². The van der Waals surface area contributed by atoms with Crippen LogP contribution in [0.25, 0.3) is 0 Å². The molecule has 1 aromatic carbocycles. The predicted molar refractivity (Wildman–Crippen MR) is 73.9 cm³/mol. The Morgan fingerprint density at radius 1 is 1.33 bits per heavy atom. The van der Waals surface area contributed by atoms with Crippen LogP contribution in [0.4, 0.5) is 0 Å². The fourth-order valence-electron chi connectivity index (χ4n) is 1.48. The number of hydrogen-bond acceptors (Lipinski definition) is 3. The molecule has 1 atom stereocenters.